The van der Waals surface area contributed by atoms with Gasteiger partial charge in [-0.25, -0.2) is 4.98 Å². The zero-order valence-electron chi connectivity index (χ0n) is 8.56. The fourth-order valence-corrected chi connectivity index (χ4v) is 2.00. The van der Waals surface area contributed by atoms with Crippen molar-refractivity contribution in [2.75, 3.05) is 0 Å². The Morgan fingerprint density at radius 3 is 3.07 bits per heavy atom. The van der Waals surface area contributed by atoms with Gasteiger partial charge >= 0.3 is 0 Å². The Labute approximate surface area is 84.6 Å². The average Bonchev–Trinajstić information content (AvgIpc) is 2.67. The van der Waals surface area contributed by atoms with Crippen LogP contribution < -0.4 is 5.73 Å². The summed E-state index contributed by atoms with van der Waals surface area (Å²) in [5, 5.41) is 0. The molecule has 0 aliphatic heterocycles. The monoisotopic (exact) mass is 191 g/mol. The second-order valence-corrected chi connectivity index (χ2v) is 3.95. The van der Waals surface area contributed by atoms with Gasteiger partial charge in [0.05, 0.1) is 12.0 Å². The number of nitrogens with zero attached hydrogens (tertiary/aromatic N) is 2. The number of hydrogen-bond donors (Lipinski definition) is 1. The summed E-state index contributed by atoms with van der Waals surface area (Å²) in [6, 6.07) is 0.631. The lowest BCUT2D eigenvalue weighted by Crippen LogP contribution is -2.17. The molecule has 2 rings (SSSR count). The van der Waals surface area contributed by atoms with Gasteiger partial charge < -0.3 is 10.3 Å². The molecular weight excluding hydrogens is 174 g/mol. The van der Waals surface area contributed by atoms with E-state index < -0.39 is 0 Å². The summed E-state index contributed by atoms with van der Waals surface area (Å²) in [6.45, 7) is 2.01. The van der Waals surface area contributed by atoms with E-state index >= 15 is 0 Å². The highest BCUT2D eigenvalue weighted by Gasteiger charge is 2.16. The van der Waals surface area contributed by atoms with Crippen LogP contribution in [0.15, 0.2) is 24.7 Å². The van der Waals surface area contributed by atoms with E-state index in [1.807, 2.05) is 19.4 Å². The van der Waals surface area contributed by atoms with Gasteiger partial charge in [0.1, 0.15) is 0 Å². The van der Waals surface area contributed by atoms with Crippen LogP contribution in [0.1, 0.15) is 44.0 Å². The SMILES string of the molecule is C[C@H](N)c1cncn1C1CC=CCC1. The van der Waals surface area contributed by atoms with Crippen LogP contribution in [0.2, 0.25) is 0 Å². The van der Waals surface area contributed by atoms with E-state index in [-0.39, 0.29) is 6.04 Å². The van der Waals surface area contributed by atoms with Crippen LogP contribution in [-0.4, -0.2) is 9.55 Å². The highest BCUT2D eigenvalue weighted by Crippen LogP contribution is 2.26. The Balaban J connectivity index is 2.22. The molecule has 1 aliphatic rings. The Morgan fingerprint density at radius 1 is 1.57 bits per heavy atom. The molecule has 3 nitrogen and oxygen atoms in total. The van der Waals surface area contributed by atoms with E-state index in [4.69, 9.17) is 5.73 Å². The van der Waals surface area contributed by atoms with Crippen molar-refractivity contribution in [2.24, 2.45) is 5.73 Å². The van der Waals surface area contributed by atoms with Crippen molar-refractivity contribution in [3.8, 4) is 0 Å². The molecule has 1 aromatic heterocycles. The Bertz CT molecular complexity index is 325. The summed E-state index contributed by atoms with van der Waals surface area (Å²) in [5.74, 6) is 0. The van der Waals surface area contributed by atoms with E-state index in [1.54, 1.807) is 0 Å². The molecule has 0 aromatic carbocycles. The lowest BCUT2D eigenvalue weighted by Gasteiger charge is -2.22. The van der Waals surface area contributed by atoms with Gasteiger partial charge in [0.2, 0.25) is 0 Å². The minimum absolute atomic E-state index is 0.0726. The first kappa shape index (κ1) is 9.46. The second-order valence-electron chi connectivity index (χ2n) is 3.95. The van der Waals surface area contributed by atoms with E-state index in [2.05, 4.69) is 21.7 Å². The first-order valence-electron chi connectivity index (χ1n) is 5.21. The van der Waals surface area contributed by atoms with Gasteiger partial charge in [0.25, 0.3) is 0 Å². The highest BCUT2D eigenvalue weighted by atomic mass is 15.1. The zero-order chi connectivity index (χ0) is 9.97. The lowest BCUT2D eigenvalue weighted by molar-refractivity contribution is 0.440. The maximum Gasteiger partial charge on any atom is 0.0951 e. The molecule has 14 heavy (non-hydrogen) atoms. The molecule has 0 amide bonds. The van der Waals surface area contributed by atoms with E-state index in [9.17, 15) is 0 Å². The van der Waals surface area contributed by atoms with Crippen molar-refractivity contribution in [1.29, 1.82) is 0 Å². The topological polar surface area (TPSA) is 43.8 Å². The summed E-state index contributed by atoms with van der Waals surface area (Å²) >= 11 is 0. The summed E-state index contributed by atoms with van der Waals surface area (Å²) in [4.78, 5) is 4.18. The first-order valence-corrected chi connectivity index (χ1v) is 5.21. The predicted molar refractivity (Wildman–Crippen MR) is 56.9 cm³/mol. The quantitative estimate of drug-likeness (QED) is 0.728. The smallest absolute Gasteiger partial charge is 0.0951 e. The molecule has 0 bridgehead atoms. The van der Waals surface area contributed by atoms with Crippen LogP contribution >= 0.6 is 0 Å². The summed E-state index contributed by atoms with van der Waals surface area (Å²) < 4.78 is 2.23. The Morgan fingerprint density at radius 2 is 2.43 bits per heavy atom. The number of nitrogens with two attached hydrogens (primary N) is 1. The minimum atomic E-state index is 0.0726. The molecule has 0 fully saturated rings. The zero-order valence-corrected chi connectivity index (χ0v) is 8.56. The largest absolute Gasteiger partial charge is 0.330 e. The van der Waals surface area contributed by atoms with Gasteiger partial charge in [0.15, 0.2) is 0 Å². The molecule has 1 aliphatic carbocycles. The molecule has 76 valence electrons. The van der Waals surface area contributed by atoms with Gasteiger partial charge in [-0.2, -0.15) is 0 Å². The molecule has 2 N–H and O–H groups in total. The molecule has 0 spiro atoms. The normalized spacial score (nSPS) is 23.7. The standard InChI is InChI=1S/C11H17N3/c1-9(12)11-7-13-8-14(11)10-5-3-2-4-6-10/h2-3,7-10H,4-6,12H2,1H3/t9-,10?/m0/s1. The molecule has 2 atom stereocenters. The third-order valence-corrected chi connectivity index (χ3v) is 2.80. The third kappa shape index (κ3) is 1.73. The van der Waals surface area contributed by atoms with Crippen LogP contribution in [0.5, 0.6) is 0 Å². The highest BCUT2D eigenvalue weighted by molar-refractivity contribution is 5.07. The van der Waals surface area contributed by atoms with Gasteiger partial charge in [0, 0.05) is 18.3 Å². The van der Waals surface area contributed by atoms with Crippen LogP contribution in [0.25, 0.3) is 0 Å². The molecular formula is C11H17N3. The second kappa shape index (κ2) is 3.96. The maximum atomic E-state index is 5.89. The average molecular weight is 191 g/mol. The predicted octanol–water partition coefficient (Wildman–Crippen LogP) is 2.18. The summed E-state index contributed by atoms with van der Waals surface area (Å²) in [5.41, 5.74) is 7.03. The number of imidazole rings is 1. The van der Waals surface area contributed by atoms with Crippen LogP contribution in [0.3, 0.4) is 0 Å². The van der Waals surface area contributed by atoms with E-state index in [1.165, 1.54) is 12.8 Å². The van der Waals surface area contributed by atoms with Gasteiger partial charge in [-0.1, -0.05) is 12.2 Å². The molecule has 1 aromatic rings. The maximum absolute atomic E-state index is 5.89. The van der Waals surface area contributed by atoms with E-state index in [0.29, 0.717) is 6.04 Å². The number of aromatic nitrogens is 2. The molecule has 1 unspecified atom stereocenters. The fourth-order valence-electron chi connectivity index (χ4n) is 2.00. The van der Waals surface area contributed by atoms with Crippen LogP contribution in [0, 0.1) is 0 Å². The van der Waals surface area contributed by atoms with Crippen molar-refractivity contribution >= 4 is 0 Å². The van der Waals surface area contributed by atoms with E-state index in [0.717, 1.165) is 12.1 Å². The number of rotatable bonds is 2. The minimum Gasteiger partial charge on any atom is -0.330 e. The Hall–Kier alpha value is -1.09. The lowest BCUT2D eigenvalue weighted by atomic mass is 10.0. The van der Waals surface area contributed by atoms with Crippen molar-refractivity contribution in [3.05, 3.63) is 30.4 Å². The third-order valence-electron chi connectivity index (χ3n) is 2.80. The number of hydrogen-bond acceptors (Lipinski definition) is 2. The molecule has 0 saturated carbocycles. The van der Waals surface area contributed by atoms with Gasteiger partial charge in [-0.15, -0.1) is 0 Å². The molecule has 1 heterocycles. The fraction of sp³-hybridized carbons (Fsp3) is 0.545. The van der Waals surface area contributed by atoms with Gasteiger partial charge in [-0.3, -0.25) is 0 Å². The van der Waals surface area contributed by atoms with Crippen molar-refractivity contribution < 1.29 is 0 Å². The molecule has 0 radical (unpaired) electrons. The summed E-state index contributed by atoms with van der Waals surface area (Å²) in [7, 11) is 0. The summed E-state index contributed by atoms with van der Waals surface area (Å²) in [6.07, 6.45) is 11.8. The van der Waals surface area contributed by atoms with Crippen LogP contribution in [0.4, 0.5) is 0 Å². The van der Waals surface area contributed by atoms with Crippen molar-refractivity contribution in [2.45, 2.75) is 38.3 Å². The van der Waals surface area contributed by atoms with Crippen molar-refractivity contribution in [1.82, 2.24) is 9.55 Å². The Kier molecular flexibility index (Phi) is 2.68. The van der Waals surface area contributed by atoms with Crippen molar-refractivity contribution in [3.63, 3.8) is 0 Å². The first-order chi connectivity index (χ1) is 6.79. The molecule has 0 saturated heterocycles. The van der Waals surface area contributed by atoms with Crippen LogP contribution in [-0.2, 0) is 0 Å². The molecule has 3 heteroatoms. The van der Waals surface area contributed by atoms with Gasteiger partial charge in [-0.05, 0) is 26.2 Å². The number of allylic oxidation sites excluding steroid dienone is 2.